The summed E-state index contributed by atoms with van der Waals surface area (Å²) in [5, 5.41) is 2.56. The van der Waals surface area contributed by atoms with E-state index in [-0.39, 0.29) is 47.5 Å². The van der Waals surface area contributed by atoms with Crippen LogP contribution in [0.3, 0.4) is 0 Å². The van der Waals surface area contributed by atoms with Gasteiger partial charge < -0.3 is 15.8 Å². The summed E-state index contributed by atoms with van der Waals surface area (Å²) in [7, 11) is -3.53. The van der Waals surface area contributed by atoms with E-state index in [2.05, 4.69) is 5.32 Å². The van der Waals surface area contributed by atoms with E-state index in [1.807, 2.05) is 0 Å². The van der Waals surface area contributed by atoms with Crippen LogP contribution in [0.1, 0.15) is 30.1 Å². The molecule has 1 aromatic rings. The summed E-state index contributed by atoms with van der Waals surface area (Å²) in [6.45, 7) is 2.19. The number of hydrogen-bond donors (Lipinski definition) is 2. The van der Waals surface area contributed by atoms with Gasteiger partial charge in [0.05, 0.1) is 17.1 Å². The normalized spacial score (nSPS) is 10.6. The third kappa shape index (κ3) is 6.98. The molecule has 0 saturated heterocycles. The molecule has 0 heterocycles. The molecule has 0 spiro atoms. The van der Waals surface area contributed by atoms with Crippen LogP contribution >= 0.6 is 12.4 Å². The zero-order valence-corrected chi connectivity index (χ0v) is 14.6. The molecule has 7 nitrogen and oxygen atoms in total. The number of anilines is 1. The summed E-state index contributed by atoms with van der Waals surface area (Å²) in [5.74, 6) is -0.948. The number of nitrogens with two attached hydrogens (primary N) is 1. The van der Waals surface area contributed by atoms with E-state index in [0.29, 0.717) is 13.0 Å². The van der Waals surface area contributed by atoms with Crippen molar-refractivity contribution in [1.82, 2.24) is 0 Å². The highest BCUT2D eigenvalue weighted by atomic mass is 35.5. The molecule has 9 heteroatoms. The second kappa shape index (κ2) is 9.49. The first-order valence-electron chi connectivity index (χ1n) is 6.80. The fraction of sp³-hybridized carbons (Fsp3) is 0.429. The van der Waals surface area contributed by atoms with E-state index in [4.69, 9.17) is 10.5 Å². The number of amides is 1. The molecule has 130 valence electrons. The molecule has 3 N–H and O–H groups in total. The summed E-state index contributed by atoms with van der Waals surface area (Å²) in [4.78, 5) is 23.4. The molecule has 0 aliphatic rings. The molecule has 0 atom stereocenters. The maximum atomic E-state index is 11.8. The van der Waals surface area contributed by atoms with Gasteiger partial charge in [-0.15, -0.1) is 12.4 Å². The molecule has 1 aromatic carbocycles. The zero-order chi connectivity index (χ0) is 16.8. The van der Waals surface area contributed by atoms with E-state index in [0.717, 1.165) is 6.26 Å². The molecule has 0 saturated carbocycles. The first-order valence-corrected chi connectivity index (χ1v) is 8.69. The summed E-state index contributed by atoms with van der Waals surface area (Å²) >= 11 is 0. The van der Waals surface area contributed by atoms with Gasteiger partial charge in [-0.1, -0.05) is 0 Å². The Bertz CT molecular complexity index is 661. The van der Waals surface area contributed by atoms with E-state index >= 15 is 0 Å². The van der Waals surface area contributed by atoms with Gasteiger partial charge in [-0.05, 0) is 38.1 Å². The average molecular weight is 365 g/mol. The highest BCUT2D eigenvalue weighted by Crippen LogP contribution is 2.20. The largest absolute Gasteiger partial charge is 0.462 e. The predicted octanol–water partition coefficient (Wildman–Crippen LogP) is 1.37. The molecular weight excluding hydrogens is 344 g/mol. The van der Waals surface area contributed by atoms with Gasteiger partial charge in [0, 0.05) is 18.4 Å². The number of hydrogen-bond acceptors (Lipinski definition) is 6. The van der Waals surface area contributed by atoms with Crippen molar-refractivity contribution in [3.8, 4) is 0 Å². The lowest BCUT2D eigenvalue weighted by atomic mass is 10.2. The number of benzene rings is 1. The van der Waals surface area contributed by atoms with Gasteiger partial charge >= 0.3 is 5.97 Å². The maximum Gasteiger partial charge on any atom is 0.338 e. The Morgan fingerprint density at radius 1 is 1.26 bits per heavy atom. The Balaban J connectivity index is 0.00000484. The number of ether oxygens (including phenoxy) is 1. The van der Waals surface area contributed by atoms with Crippen LogP contribution < -0.4 is 11.1 Å². The number of carbonyl (C=O) groups is 2. The van der Waals surface area contributed by atoms with Crippen molar-refractivity contribution in [2.24, 2.45) is 5.73 Å². The number of esters is 1. The Kier molecular flexibility index (Phi) is 8.81. The highest BCUT2D eigenvalue weighted by molar-refractivity contribution is 7.90. The third-order valence-corrected chi connectivity index (χ3v) is 3.83. The number of carbonyl (C=O) groups excluding carboxylic acids is 2. The second-order valence-corrected chi connectivity index (χ2v) is 6.69. The fourth-order valence-corrected chi connectivity index (χ4v) is 2.39. The Morgan fingerprint density at radius 2 is 1.91 bits per heavy atom. The minimum absolute atomic E-state index is 0. The van der Waals surface area contributed by atoms with Crippen molar-refractivity contribution in [1.29, 1.82) is 0 Å². The Labute approximate surface area is 141 Å². The summed E-state index contributed by atoms with van der Waals surface area (Å²) in [6, 6.07) is 3.91. The second-order valence-electron chi connectivity index (χ2n) is 4.68. The van der Waals surface area contributed by atoms with E-state index in [1.165, 1.54) is 18.2 Å². The fourth-order valence-electron chi connectivity index (χ4n) is 1.70. The van der Waals surface area contributed by atoms with Gasteiger partial charge in [0.1, 0.15) is 0 Å². The van der Waals surface area contributed by atoms with Gasteiger partial charge in [-0.3, -0.25) is 4.79 Å². The van der Waals surface area contributed by atoms with E-state index in [9.17, 15) is 18.0 Å². The highest BCUT2D eigenvalue weighted by Gasteiger charge is 2.16. The molecule has 0 aliphatic carbocycles. The van der Waals surface area contributed by atoms with Crippen molar-refractivity contribution < 1.29 is 22.7 Å². The van der Waals surface area contributed by atoms with E-state index in [1.54, 1.807) is 6.92 Å². The summed E-state index contributed by atoms with van der Waals surface area (Å²) < 4.78 is 28.2. The van der Waals surface area contributed by atoms with Crippen LogP contribution in [0.15, 0.2) is 23.1 Å². The van der Waals surface area contributed by atoms with Crippen molar-refractivity contribution in [2.45, 2.75) is 24.7 Å². The van der Waals surface area contributed by atoms with E-state index < -0.39 is 15.8 Å². The van der Waals surface area contributed by atoms with Gasteiger partial charge in [0.25, 0.3) is 0 Å². The first-order chi connectivity index (χ1) is 10.3. The van der Waals surface area contributed by atoms with Crippen molar-refractivity contribution in [3.05, 3.63) is 23.8 Å². The van der Waals surface area contributed by atoms with Crippen molar-refractivity contribution in [2.75, 3.05) is 24.7 Å². The molecule has 0 unspecified atom stereocenters. The third-order valence-electron chi connectivity index (χ3n) is 2.74. The standard InChI is InChI=1S/C14H20N2O5S.ClH/c1-3-21-14(18)10-7-11(16-13(17)5-4-6-15)9-12(8-10)22(2,19)20;/h7-9H,3-6,15H2,1-2H3,(H,16,17);1H. The van der Waals surface area contributed by atoms with Crippen LogP contribution in [-0.2, 0) is 19.4 Å². The average Bonchev–Trinajstić information content (AvgIpc) is 2.44. The van der Waals surface area contributed by atoms with Crippen LogP contribution in [0, 0.1) is 0 Å². The van der Waals surface area contributed by atoms with Crippen LogP contribution in [0.25, 0.3) is 0 Å². The van der Waals surface area contributed by atoms with Gasteiger partial charge in [0.2, 0.25) is 5.91 Å². The molecular formula is C14H21ClN2O5S. The lowest BCUT2D eigenvalue weighted by Gasteiger charge is -2.10. The Hall–Kier alpha value is -1.64. The van der Waals surface area contributed by atoms with Crippen LogP contribution in [0.5, 0.6) is 0 Å². The van der Waals surface area contributed by atoms with Crippen molar-refractivity contribution >= 4 is 39.8 Å². The van der Waals surface area contributed by atoms with Gasteiger partial charge in [0.15, 0.2) is 9.84 Å². The molecule has 0 bridgehead atoms. The minimum Gasteiger partial charge on any atom is -0.462 e. The zero-order valence-electron chi connectivity index (χ0n) is 13.0. The molecule has 1 rings (SSSR count). The predicted molar refractivity (Wildman–Crippen MR) is 89.7 cm³/mol. The molecule has 1 amide bonds. The molecule has 0 aromatic heterocycles. The Morgan fingerprint density at radius 3 is 2.43 bits per heavy atom. The number of nitrogens with one attached hydrogen (secondary N) is 1. The quantitative estimate of drug-likeness (QED) is 0.706. The summed E-state index contributed by atoms with van der Waals surface area (Å²) in [6.07, 6.45) is 1.76. The molecule has 23 heavy (non-hydrogen) atoms. The molecule has 0 radical (unpaired) electrons. The number of rotatable bonds is 7. The van der Waals surface area contributed by atoms with Crippen molar-refractivity contribution in [3.63, 3.8) is 0 Å². The lowest BCUT2D eigenvalue weighted by Crippen LogP contribution is -2.15. The number of halogens is 1. The monoisotopic (exact) mass is 364 g/mol. The van der Waals surface area contributed by atoms with Crippen LogP contribution in [0.2, 0.25) is 0 Å². The van der Waals surface area contributed by atoms with Gasteiger partial charge in [-0.2, -0.15) is 0 Å². The first kappa shape index (κ1) is 21.4. The summed E-state index contributed by atoms with van der Waals surface area (Å²) in [5.41, 5.74) is 5.63. The SMILES string of the molecule is CCOC(=O)c1cc(NC(=O)CCCN)cc(S(C)(=O)=O)c1.Cl. The molecule has 0 fully saturated rings. The topological polar surface area (TPSA) is 116 Å². The van der Waals surface area contributed by atoms with Crippen LogP contribution in [-0.4, -0.2) is 39.7 Å². The van der Waals surface area contributed by atoms with Crippen LogP contribution in [0.4, 0.5) is 5.69 Å². The number of sulfone groups is 1. The van der Waals surface area contributed by atoms with Gasteiger partial charge in [-0.25, -0.2) is 13.2 Å². The smallest absolute Gasteiger partial charge is 0.338 e. The molecule has 0 aliphatic heterocycles. The lowest BCUT2D eigenvalue weighted by molar-refractivity contribution is -0.116. The maximum absolute atomic E-state index is 11.8. The minimum atomic E-state index is -3.53.